The van der Waals surface area contributed by atoms with Crippen LogP contribution in [0, 0.1) is 11.3 Å². The van der Waals surface area contributed by atoms with Crippen molar-refractivity contribution >= 4 is 5.69 Å². The maximum absolute atomic E-state index is 10.3. The van der Waals surface area contributed by atoms with E-state index in [1.54, 1.807) is 5.56 Å². The Morgan fingerprint density at radius 3 is 2.96 bits per heavy atom. The standard InChI is InChI=1S/C20H26N2O/c23-13-14-12-18-6-3-10-22-11-9-19(17(18)22)15-4-1-2-5-16(15)21-20(14,19)8-7-18/h1-2,4-5,14,17,21,23H,3,6-13H2. The van der Waals surface area contributed by atoms with E-state index < -0.39 is 0 Å². The molecule has 3 heterocycles. The van der Waals surface area contributed by atoms with E-state index in [1.807, 2.05) is 0 Å². The molecule has 122 valence electrons. The number of rotatable bonds is 1. The second kappa shape index (κ2) is 3.94. The summed E-state index contributed by atoms with van der Waals surface area (Å²) in [6.07, 6.45) is 7.84. The van der Waals surface area contributed by atoms with Crippen molar-refractivity contribution in [2.45, 2.75) is 55.5 Å². The van der Waals surface area contributed by atoms with Crippen LogP contribution < -0.4 is 5.32 Å². The normalized spacial score (nSPS) is 49.4. The fourth-order valence-corrected chi connectivity index (χ4v) is 8.01. The van der Waals surface area contributed by atoms with Gasteiger partial charge in [-0.05, 0) is 68.7 Å². The van der Waals surface area contributed by atoms with Gasteiger partial charge in [-0.25, -0.2) is 0 Å². The maximum Gasteiger partial charge on any atom is 0.0537 e. The lowest BCUT2D eigenvalue weighted by Gasteiger charge is -2.69. The quantitative estimate of drug-likeness (QED) is 0.837. The molecular formula is C20H26N2O. The number of fused-ring (bicyclic) bond motifs is 3. The molecule has 2 N–H and O–H groups in total. The van der Waals surface area contributed by atoms with Crippen LogP contribution in [0.25, 0.3) is 0 Å². The average Bonchev–Trinajstić information content (AvgIpc) is 3.13. The number of aliphatic hydroxyl groups is 1. The second-order valence-corrected chi connectivity index (χ2v) is 8.85. The fraction of sp³-hybridized carbons (Fsp3) is 0.700. The minimum Gasteiger partial charge on any atom is -0.396 e. The Morgan fingerprint density at radius 2 is 2.04 bits per heavy atom. The summed E-state index contributed by atoms with van der Waals surface area (Å²) in [7, 11) is 0. The van der Waals surface area contributed by atoms with E-state index in [-0.39, 0.29) is 11.0 Å². The zero-order valence-corrected chi connectivity index (χ0v) is 13.7. The zero-order valence-electron chi connectivity index (χ0n) is 13.7. The van der Waals surface area contributed by atoms with Crippen molar-refractivity contribution in [1.82, 2.24) is 4.90 Å². The summed E-state index contributed by atoms with van der Waals surface area (Å²) in [6, 6.07) is 9.76. The molecule has 3 aliphatic carbocycles. The summed E-state index contributed by atoms with van der Waals surface area (Å²) in [4.78, 5) is 2.83. The number of hydrogen-bond acceptors (Lipinski definition) is 3. The predicted octanol–water partition coefficient (Wildman–Crippen LogP) is 2.75. The van der Waals surface area contributed by atoms with Crippen molar-refractivity contribution in [3.63, 3.8) is 0 Å². The van der Waals surface area contributed by atoms with Crippen molar-refractivity contribution in [2.75, 3.05) is 25.0 Å². The van der Waals surface area contributed by atoms with Crippen LogP contribution in [0.1, 0.15) is 44.1 Å². The largest absolute Gasteiger partial charge is 0.396 e. The molecule has 6 aliphatic rings. The first-order valence-corrected chi connectivity index (χ1v) is 9.48. The first-order chi connectivity index (χ1) is 11.3. The molecule has 3 spiro atoms. The van der Waals surface area contributed by atoms with Gasteiger partial charge in [-0.15, -0.1) is 0 Å². The third-order valence-corrected chi connectivity index (χ3v) is 8.47. The van der Waals surface area contributed by atoms with Gasteiger partial charge in [-0.1, -0.05) is 18.2 Å². The molecule has 3 heteroatoms. The number of nitrogens with one attached hydrogen (secondary N) is 1. The zero-order chi connectivity index (χ0) is 15.3. The molecule has 7 rings (SSSR count). The Balaban J connectivity index is 1.67. The molecule has 5 atom stereocenters. The molecule has 1 aromatic rings. The van der Waals surface area contributed by atoms with Crippen LogP contribution in [0.2, 0.25) is 0 Å². The highest BCUT2D eigenvalue weighted by Crippen LogP contribution is 2.73. The number of piperidine rings is 1. The summed E-state index contributed by atoms with van der Waals surface area (Å²) in [5.41, 5.74) is 3.73. The van der Waals surface area contributed by atoms with Crippen LogP contribution in [0.4, 0.5) is 5.69 Å². The third-order valence-electron chi connectivity index (χ3n) is 8.47. The van der Waals surface area contributed by atoms with Crippen molar-refractivity contribution in [3.8, 4) is 0 Å². The Morgan fingerprint density at radius 1 is 1.13 bits per heavy atom. The van der Waals surface area contributed by atoms with Crippen LogP contribution in [-0.2, 0) is 5.41 Å². The van der Waals surface area contributed by atoms with Crippen LogP contribution in [0.5, 0.6) is 0 Å². The minimum absolute atomic E-state index is 0.101. The lowest BCUT2D eigenvalue weighted by molar-refractivity contribution is -0.137. The van der Waals surface area contributed by atoms with Gasteiger partial charge in [0.15, 0.2) is 0 Å². The third kappa shape index (κ3) is 1.21. The number of para-hydroxylation sites is 1. The molecule has 3 saturated carbocycles. The van der Waals surface area contributed by atoms with Crippen molar-refractivity contribution in [1.29, 1.82) is 0 Å². The number of anilines is 1. The van der Waals surface area contributed by atoms with Gasteiger partial charge in [0, 0.05) is 29.7 Å². The molecule has 0 amide bonds. The lowest BCUT2D eigenvalue weighted by Crippen LogP contribution is -2.76. The lowest BCUT2D eigenvalue weighted by atomic mass is 9.39. The number of nitrogens with zero attached hydrogens (tertiary/aromatic N) is 1. The van der Waals surface area contributed by atoms with Crippen molar-refractivity contribution in [3.05, 3.63) is 29.8 Å². The summed E-state index contributed by atoms with van der Waals surface area (Å²) >= 11 is 0. The van der Waals surface area contributed by atoms with Gasteiger partial charge in [0.2, 0.25) is 0 Å². The monoisotopic (exact) mass is 310 g/mol. The topological polar surface area (TPSA) is 35.5 Å². The summed E-state index contributed by atoms with van der Waals surface area (Å²) < 4.78 is 0. The van der Waals surface area contributed by atoms with Crippen LogP contribution in [0.3, 0.4) is 0 Å². The van der Waals surface area contributed by atoms with Gasteiger partial charge in [0.05, 0.1) is 5.54 Å². The number of benzene rings is 1. The molecular weight excluding hydrogens is 284 g/mol. The SMILES string of the molecule is OCC1CC23CCCN4CCC5(c6ccccc6NC15CC2)C43. The molecule has 1 aromatic carbocycles. The van der Waals surface area contributed by atoms with E-state index in [0.29, 0.717) is 24.0 Å². The molecule has 3 aliphatic heterocycles. The Hall–Kier alpha value is -1.06. The van der Waals surface area contributed by atoms with Crippen molar-refractivity contribution in [2.24, 2.45) is 11.3 Å². The highest BCUT2D eigenvalue weighted by molar-refractivity contribution is 5.68. The summed E-state index contributed by atoms with van der Waals surface area (Å²) in [5, 5.41) is 14.3. The van der Waals surface area contributed by atoms with E-state index in [0.717, 1.165) is 0 Å². The van der Waals surface area contributed by atoms with E-state index in [1.165, 1.54) is 57.3 Å². The Kier molecular flexibility index (Phi) is 2.27. The van der Waals surface area contributed by atoms with E-state index in [4.69, 9.17) is 0 Å². The molecule has 3 nitrogen and oxygen atoms in total. The maximum atomic E-state index is 10.3. The highest BCUT2D eigenvalue weighted by Gasteiger charge is 2.77. The molecule has 0 aromatic heterocycles. The predicted molar refractivity (Wildman–Crippen MR) is 90.5 cm³/mol. The van der Waals surface area contributed by atoms with Gasteiger partial charge < -0.3 is 10.4 Å². The van der Waals surface area contributed by atoms with Crippen LogP contribution in [0.15, 0.2) is 24.3 Å². The van der Waals surface area contributed by atoms with Gasteiger partial charge in [0.1, 0.15) is 0 Å². The van der Waals surface area contributed by atoms with Gasteiger partial charge in [0.25, 0.3) is 0 Å². The first kappa shape index (κ1) is 13.3. The van der Waals surface area contributed by atoms with Crippen molar-refractivity contribution < 1.29 is 5.11 Å². The molecule has 0 radical (unpaired) electrons. The second-order valence-electron chi connectivity index (χ2n) is 8.85. The highest BCUT2D eigenvalue weighted by atomic mass is 16.3. The van der Waals surface area contributed by atoms with Crippen LogP contribution >= 0.6 is 0 Å². The van der Waals surface area contributed by atoms with E-state index in [9.17, 15) is 5.11 Å². The summed E-state index contributed by atoms with van der Waals surface area (Å²) in [6.45, 7) is 2.88. The van der Waals surface area contributed by atoms with Crippen LogP contribution in [-0.4, -0.2) is 41.3 Å². The smallest absolute Gasteiger partial charge is 0.0537 e. The molecule has 2 bridgehead atoms. The van der Waals surface area contributed by atoms with Gasteiger partial charge in [-0.2, -0.15) is 0 Å². The Labute approximate surface area is 138 Å². The van der Waals surface area contributed by atoms with Gasteiger partial charge >= 0.3 is 0 Å². The first-order valence-electron chi connectivity index (χ1n) is 9.48. The summed E-state index contributed by atoms with van der Waals surface area (Å²) in [5.74, 6) is 0.415. The minimum atomic E-state index is 0.101. The molecule has 2 saturated heterocycles. The van der Waals surface area contributed by atoms with E-state index >= 15 is 0 Å². The fourth-order valence-electron chi connectivity index (χ4n) is 8.01. The Bertz CT molecular complexity index is 690. The number of hydrogen-bond donors (Lipinski definition) is 2. The average molecular weight is 310 g/mol. The van der Waals surface area contributed by atoms with E-state index in [2.05, 4.69) is 34.5 Å². The molecule has 5 unspecified atom stereocenters. The number of aliphatic hydroxyl groups excluding tert-OH is 1. The van der Waals surface area contributed by atoms with Gasteiger partial charge in [-0.3, -0.25) is 4.90 Å². The molecule has 23 heavy (non-hydrogen) atoms. The molecule has 5 fully saturated rings.